The Hall–Kier alpha value is -3.45. The summed E-state index contributed by atoms with van der Waals surface area (Å²) in [5.74, 6) is 0.313. The zero-order valence-corrected chi connectivity index (χ0v) is 19.0. The summed E-state index contributed by atoms with van der Waals surface area (Å²) >= 11 is 1.50. The number of aromatic carboxylic acids is 1. The van der Waals surface area contributed by atoms with Crippen LogP contribution < -0.4 is 10.3 Å². The van der Waals surface area contributed by atoms with Crippen LogP contribution >= 0.6 is 11.3 Å². The fraction of sp³-hybridized carbons (Fsp3) is 0.240. The Bertz CT molecular complexity index is 1350. The minimum Gasteiger partial charge on any atom is -0.494 e. The standard InChI is InChI=1S/C25H24N2O4S/c1-15-5-10-20(16(2)13-15)21-14-32-23-22(21)24(28)27(17(3)26-23)11-4-12-31-19-8-6-18(7-9-19)25(29)30/h5-10,13-14H,4,11-12H2,1-3H3,(H,29,30). The Morgan fingerprint density at radius 2 is 1.84 bits per heavy atom. The van der Waals surface area contributed by atoms with Gasteiger partial charge in [0, 0.05) is 17.5 Å². The van der Waals surface area contributed by atoms with Gasteiger partial charge in [0.1, 0.15) is 16.4 Å². The number of benzene rings is 2. The van der Waals surface area contributed by atoms with Gasteiger partial charge in [-0.15, -0.1) is 11.3 Å². The number of hydrogen-bond donors (Lipinski definition) is 1. The van der Waals surface area contributed by atoms with Crippen LogP contribution in [0.1, 0.15) is 33.7 Å². The van der Waals surface area contributed by atoms with Gasteiger partial charge in [-0.25, -0.2) is 9.78 Å². The van der Waals surface area contributed by atoms with Crippen molar-refractivity contribution in [3.05, 3.63) is 80.7 Å². The molecule has 6 nitrogen and oxygen atoms in total. The van der Waals surface area contributed by atoms with E-state index in [1.54, 1.807) is 16.7 Å². The van der Waals surface area contributed by atoms with Gasteiger partial charge in [-0.1, -0.05) is 23.8 Å². The lowest BCUT2D eigenvalue weighted by molar-refractivity contribution is 0.0697. The molecule has 164 valence electrons. The van der Waals surface area contributed by atoms with Crippen LogP contribution in [0.25, 0.3) is 21.3 Å². The lowest BCUT2D eigenvalue weighted by Gasteiger charge is -2.12. The Kier molecular flexibility index (Phi) is 6.10. The average molecular weight is 449 g/mol. The molecular weight excluding hydrogens is 424 g/mol. The van der Waals surface area contributed by atoms with E-state index in [0.29, 0.717) is 36.5 Å². The summed E-state index contributed by atoms with van der Waals surface area (Å²) in [6.45, 7) is 6.87. The third-order valence-corrected chi connectivity index (χ3v) is 6.32. The highest BCUT2D eigenvalue weighted by Crippen LogP contribution is 2.33. The molecule has 2 heterocycles. The van der Waals surface area contributed by atoms with E-state index in [1.807, 2.05) is 12.3 Å². The molecule has 0 atom stereocenters. The molecule has 4 rings (SSSR count). The molecule has 0 spiro atoms. The molecule has 4 aromatic rings. The molecule has 1 N–H and O–H groups in total. The molecule has 2 aromatic carbocycles. The number of fused-ring (bicyclic) bond motifs is 1. The van der Waals surface area contributed by atoms with Gasteiger partial charge in [0.15, 0.2) is 0 Å². The molecule has 0 saturated heterocycles. The number of aromatic nitrogens is 2. The molecule has 2 aromatic heterocycles. The maximum absolute atomic E-state index is 13.4. The van der Waals surface area contributed by atoms with E-state index in [9.17, 15) is 9.59 Å². The SMILES string of the molecule is Cc1ccc(-c2csc3nc(C)n(CCCOc4ccc(C(=O)O)cc4)c(=O)c23)c(C)c1. The molecule has 0 unspecified atom stereocenters. The summed E-state index contributed by atoms with van der Waals surface area (Å²) in [5.41, 5.74) is 4.50. The van der Waals surface area contributed by atoms with Crippen LogP contribution in [0.5, 0.6) is 5.75 Å². The van der Waals surface area contributed by atoms with Gasteiger partial charge < -0.3 is 9.84 Å². The number of aryl methyl sites for hydroxylation is 3. The van der Waals surface area contributed by atoms with Gasteiger partial charge in [0.05, 0.1) is 17.6 Å². The second-order valence-corrected chi connectivity index (χ2v) is 8.65. The average Bonchev–Trinajstić information content (AvgIpc) is 3.17. The third kappa shape index (κ3) is 4.29. The first-order valence-corrected chi connectivity index (χ1v) is 11.3. The highest BCUT2D eigenvalue weighted by molar-refractivity contribution is 7.17. The number of ether oxygens (including phenoxy) is 1. The number of carboxylic acid groups (broad SMARTS) is 1. The van der Waals surface area contributed by atoms with E-state index in [-0.39, 0.29) is 11.1 Å². The van der Waals surface area contributed by atoms with E-state index in [0.717, 1.165) is 21.5 Å². The summed E-state index contributed by atoms with van der Waals surface area (Å²) in [6.07, 6.45) is 0.623. The van der Waals surface area contributed by atoms with Crippen molar-refractivity contribution in [3.63, 3.8) is 0 Å². The zero-order valence-electron chi connectivity index (χ0n) is 18.2. The normalized spacial score (nSPS) is 11.1. The molecule has 32 heavy (non-hydrogen) atoms. The van der Waals surface area contributed by atoms with Gasteiger partial charge in [-0.2, -0.15) is 0 Å². The van der Waals surface area contributed by atoms with Crippen LogP contribution in [0.4, 0.5) is 0 Å². The lowest BCUT2D eigenvalue weighted by atomic mass is 9.99. The molecule has 0 aliphatic carbocycles. The fourth-order valence-electron chi connectivity index (χ4n) is 3.81. The smallest absolute Gasteiger partial charge is 0.335 e. The molecule has 0 amide bonds. The van der Waals surface area contributed by atoms with Crippen molar-refractivity contribution < 1.29 is 14.6 Å². The number of carboxylic acids is 1. The summed E-state index contributed by atoms with van der Waals surface area (Å²) in [4.78, 5) is 29.8. The largest absolute Gasteiger partial charge is 0.494 e. The first-order valence-electron chi connectivity index (χ1n) is 10.4. The number of thiophene rings is 1. The highest BCUT2D eigenvalue weighted by atomic mass is 32.1. The molecule has 0 aliphatic rings. The molecule has 0 saturated carbocycles. The summed E-state index contributed by atoms with van der Waals surface area (Å²) in [6, 6.07) is 12.5. The second kappa shape index (κ2) is 8.96. The first-order chi connectivity index (χ1) is 15.3. The monoisotopic (exact) mass is 448 g/mol. The van der Waals surface area contributed by atoms with E-state index in [1.165, 1.54) is 29.0 Å². The highest BCUT2D eigenvalue weighted by Gasteiger charge is 2.16. The second-order valence-electron chi connectivity index (χ2n) is 7.80. The quantitative estimate of drug-likeness (QED) is 0.392. The van der Waals surface area contributed by atoms with E-state index < -0.39 is 5.97 Å². The molecule has 0 radical (unpaired) electrons. The Morgan fingerprint density at radius 3 is 2.53 bits per heavy atom. The van der Waals surface area contributed by atoms with E-state index in [4.69, 9.17) is 9.84 Å². The van der Waals surface area contributed by atoms with Crippen LogP contribution in [-0.4, -0.2) is 27.2 Å². The third-order valence-electron chi connectivity index (χ3n) is 5.45. The van der Waals surface area contributed by atoms with Gasteiger partial charge in [0.2, 0.25) is 0 Å². The Balaban J connectivity index is 1.54. The van der Waals surface area contributed by atoms with Crippen molar-refractivity contribution in [1.82, 2.24) is 9.55 Å². The van der Waals surface area contributed by atoms with E-state index in [2.05, 4.69) is 37.0 Å². The van der Waals surface area contributed by atoms with Crippen molar-refractivity contribution in [2.45, 2.75) is 33.7 Å². The Morgan fingerprint density at radius 1 is 1.09 bits per heavy atom. The number of rotatable bonds is 7. The summed E-state index contributed by atoms with van der Waals surface area (Å²) in [5, 5.41) is 11.7. The predicted octanol–water partition coefficient (Wildman–Crippen LogP) is 5.22. The zero-order chi connectivity index (χ0) is 22.8. The number of carbonyl (C=O) groups is 1. The van der Waals surface area contributed by atoms with Crippen LogP contribution in [0.2, 0.25) is 0 Å². The minimum atomic E-state index is -0.970. The summed E-state index contributed by atoms with van der Waals surface area (Å²) in [7, 11) is 0. The molecule has 7 heteroatoms. The lowest BCUT2D eigenvalue weighted by Crippen LogP contribution is -2.24. The molecule has 0 bridgehead atoms. The van der Waals surface area contributed by atoms with E-state index >= 15 is 0 Å². The van der Waals surface area contributed by atoms with Crippen LogP contribution in [-0.2, 0) is 6.54 Å². The maximum Gasteiger partial charge on any atom is 0.335 e. The van der Waals surface area contributed by atoms with Crippen molar-refractivity contribution in [2.24, 2.45) is 0 Å². The minimum absolute atomic E-state index is 0.0328. The van der Waals surface area contributed by atoms with Gasteiger partial charge in [0.25, 0.3) is 5.56 Å². The van der Waals surface area contributed by atoms with Crippen molar-refractivity contribution in [3.8, 4) is 16.9 Å². The maximum atomic E-state index is 13.4. The topological polar surface area (TPSA) is 81.4 Å². The van der Waals surface area contributed by atoms with Crippen LogP contribution in [0, 0.1) is 20.8 Å². The molecule has 0 aliphatic heterocycles. The summed E-state index contributed by atoms with van der Waals surface area (Å²) < 4.78 is 7.42. The van der Waals surface area contributed by atoms with Gasteiger partial charge in [-0.3, -0.25) is 9.36 Å². The van der Waals surface area contributed by atoms with Gasteiger partial charge >= 0.3 is 5.97 Å². The van der Waals surface area contributed by atoms with Crippen molar-refractivity contribution >= 4 is 27.5 Å². The predicted molar refractivity (Wildman–Crippen MR) is 127 cm³/mol. The van der Waals surface area contributed by atoms with Crippen LogP contribution in [0.3, 0.4) is 0 Å². The number of hydrogen-bond acceptors (Lipinski definition) is 5. The van der Waals surface area contributed by atoms with Gasteiger partial charge in [-0.05, 0) is 62.6 Å². The van der Waals surface area contributed by atoms with Crippen molar-refractivity contribution in [1.29, 1.82) is 0 Å². The fourth-order valence-corrected chi connectivity index (χ4v) is 4.78. The van der Waals surface area contributed by atoms with Crippen molar-refractivity contribution in [2.75, 3.05) is 6.61 Å². The number of nitrogens with zero attached hydrogens (tertiary/aromatic N) is 2. The van der Waals surface area contributed by atoms with Crippen LogP contribution in [0.15, 0.2) is 52.6 Å². The molecular formula is C25H24N2O4S. The molecule has 0 fully saturated rings. The first kappa shape index (κ1) is 21.8. The Labute approximate surface area is 189 Å².